The molecule has 0 heterocycles. The van der Waals surface area contributed by atoms with Crippen LogP contribution < -0.4 is 4.72 Å². The number of nitrogens with one attached hydrogen (secondary N) is 1. The van der Waals surface area contributed by atoms with Crippen LogP contribution in [0.2, 0.25) is 0 Å². The largest absolute Gasteiger partial charge is 0.378 e. The van der Waals surface area contributed by atoms with Crippen LogP contribution in [0.25, 0.3) is 0 Å². The topological polar surface area (TPSA) is 55.4 Å². The molecule has 0 bridgehead atoms. The van der Waals surface area contributed by atoms with E-state index in [1.165, 1.54) is 0 Å². The van der Waals surface area contributed by atoms with Crippen LogP contribution in [0.1, 0.15) is 40.5 Å². The van der Waals surface area contributed by atoms with Crippen LogP contribution >= 0.6 is 15.9 Å². The number of hydrogen-bond acceptors (Lipinski definition) is 3. The van der Waals surface area contributed by atoms with Crippen molar-refractivity contribution in [3.8, 4) is 0 Å². The van der Waals surface area contributed by atoms with Crippen LogP contribution in [0.15, 0.2) is 0 Å². The van der Waals surface area contributed by atoms with Crippen molar-refractivity contribution >= 4 is 26.0 Å². The summed E-state index contributed by atoms with van der Waals surface area (Å²) < 4.78 is 31.3. The third-order valence-corrected chi connectivity index (χ3v) is 5.24. The van der Waals surface area contributed by atoms with E-state index in [9.17, 15) is 8.42 Å². The van der Waals surface area contributed by atoms with Gasteiger partial charge in [0.25, 0.3) is 0 Å². The van der Waals surface area contributed by atoms with Crippen LogP contribution in [0.5, 0.6) is 0 Å². The van der Waals surface area contributed by atoms with E-state index in [1.54, 1.807) is 0 Å². The zero-order valence-corrected chi connectivity index (χ0v) is 14.2. The highest BCUT2D eigenvalue weighted by molar-refractivity contribution is 9.09. The third kappa shape index (κ3) is 8.45. The van der Waals surface area contributed by atoms with Gasteiger partial charge in [0.2, 0.25) is 10.0 Å². The lowest BCUT2D eigenvalue weighted by molar-refractivity contribution is 0.0911. The minimum absolute atomic E-state index is 0.0216. The van der Waals surface area contributed by atoms with E-state index in [0.717, 1.165) is 12.8 Å². The normalized spacial score (nSPS) is 14.4. The summed E-state index contributed by atoms with van der Waals surface area (Å²) in [5, 5.41) is 0. The summed E-state index contributed by atoms with van der Waals surface area (Å²) in [4.78, 5) is 0.188. The van der Waals surface area contributed by atoms with E-state index in [-0.39, 0.29) is 23.3 Å². The molecule has 6 heteroatoms. The number of rotatable bonds is 10. The molecule has 0 aromatic rings. The van der Waals surface area contributed by atoms with E-state index in [0.29, 0.717) is 12.5 Å². The Labute approximate surface area is 120 Å². The Bertz CT molecular complexity index is 302. The van der Waals surface area contributed by atoms with Gasteiger partial charge in [-0.05, 0) is 19.8 Å². The molecule has 4 nitrogen and oxygen atoms in total. The minimum atomic E-state index is -3.23. The summed E-state index contributed by atoms with van der Waals surface area (Å²) in [7, 11) is -3.23. The number of sulfonamides is 1. The molecule has 18 heavy (non-hydrogen) atoms. The SMILES string of the molecule is CCC(CC)C(Br)CNS(=O)(=O)CCOC(C)C. The molecule has 0 saturated carbocycles. The maximum absolute atomic E-state index is 11.7. The van der Waals surface area contributed by atoms with Crippen molar-refractivity contribution < 1.29 is 13.2 Å². The van der Waals surface area contributed by atoms with Crippen LogP contribution in [0.4, 0.5) is 0 Å². The Morgan fingerprint density at radius 1 is 1.22 bits per heavy atom. The Hall–Kier alpha value is 0.350. The van der Waals surface area contributed by atoms with E-state index in [1.807, 2.05) is 13.8 Å². The molecule has 0 aliphatic rings. The Balaban J connectivity index is 4.02. The summed E-state index contributed by atoms with van der Waals surface area (Å²) in [5.41, 5.74) is 0. The van der Waals surface area contributed by atoms with Crippen LogP contribution in [-0.4, -0.2) is 38.3 Å². The summed E-state index contributed by atoms with van der Waals surface area (Å²) in [5.74, 6) is 0.521. The van der Waals surface area contributed by atoms with Crippen LogP contribution in [0.3, 0.4) is 0 Å². The van der Waals surface area contributed by atoms with Gasteiger partial charge >= 0.3 is 0 Å². The fourth-order valence-electron chi connectivity index (χ4n) is 1.64. The first-order chi connectivity index (χ1) is 8.32. The van der Waals surface area contributed by atoms with Gasteiger partial charge in [-0.2, -0.15) is 0 Å². The molecule has 0 aromatic carbocycles. The van der Waals surface area contributed by atoms with Crippen LogP contribution in [0, 0.1) is 5.92 Å². The van der Waals surface area contributed by atoms with Crippen molar-refractivity contribution in [2.75, 3.05) is 18.9 Å². The highest BCUT2D eigenvalue weighted by Crippen LogP contribution is 2.19. The summed E-state index contributed by atoms with van der Waals surface area (Å²) in [6.07, 6.45) is 2.16. The lowest BCUT2D eigenvalue weighted by Crippen LogP contribution is -2.35. The molecule has 110 valence electrons. The number of halogens is 1. The Morgan fingerprint density at radius 3 is 2.22 bits per heavy atom. The first-order valence-corrected chi connectivity index (χ1v) is 9.12. The van der Waals surface area contributed by atoms with Crippen molar-refractivity contribution in [2.24, 2.45) is 5.92 Å². The second-order valence-electron chi connectivity index (χ2n) is 4.68. The van der Waals surface area contributed by atoms with Gasteiger partial charge in [0.1, 0.15) is 0 Å². The van der Waals surface area contributed by atoms with Crippen molar-refractivity contribution in [1.82, 2.24) is 4.72 Å². The van der Waals surface area contributed by atoms with Crippen LogP contribution in [-0.2, 0) is 14.8 Å². The zero-order chi connectivity index (χ0) is 14.2. The predicted octanol–water partition coefficient (Wildman–Crippen LogP) is 2.53. The number of ether oxygens (including phenoxy) is 1. The molecule has 0 aromatic heterocycles. The van der Waals surface area contributed by atoms with Gasteiger partial charge in [-0.3, -0.25) is 0 Å². The fourth-order valence-corrected chi connectivity index (χ4v) is 3.66. The summed E-state index contributed by atoms with van der Waals surface area (Å²) >= 11 is 3.55. The second-order valence-corrected chi connectivity index (χ2v) is 7.78. The van der Waals surface area contributed by atoms with Gasteiger partial charge in [0.05, 0.1) is 18.5 Å². The standard InChI is InChI=1S/C12H26BrNO3S/c1-5-11(6-2)12(13)9-14-18(15,16)8-7-17-10(3)4/h10-12,14H,5-9H2,1-4H3. The van der Waals surface area contributed by atoms with E-state index < -0.39 is 10.0 Å². The van der Waals surface area contributed by atoms with Gasteiger partial charge in [0.15, 0.2) is 0 Å². The monoisotopic (exact) mass is 343 g/mol. The predicted molar refractivity (Wildman–Crippen MR) is 79.7 cm³/mol. The molecule has 0 rings (SSSR count). The fraction of sp³-hybridized carbons (Fsp3) is 1.00. The molecular weight excluding hydrogens is 318 g/mol. The quantitative estimate of drug-likeness (QED) is 0.620. The molecule has 0 saturated heterocycles. The van der Waals surface area contributed by atoms with Crippen molar-refractivity contribution in [1.29, 1.82) is 0 Å². The molecule has 1 N–H and O–H groups in total. The minimum Gasteiger partial charge on any atom is -0.378 e. The number of hydrogen-bond donors (Lipinski definition) is 1. The summed E-state index contributed by atoms with van der Waals surface area (Å²) in [6, 6.07) is 0. The first kappa shape index (κ1) is 18.4. The van der Waals surface area contributed by atoms with Gasteiger partial charge in [-0.1, -0.05) is 42.6 Å². The van der Waals surface area contributed by atoms with Gasteiger partial charge in [0, 0.05) is 11.4 Å². The molecule has 0 amide bonds. The molecule has 0 spiro atoms. The summed E-state index contributed by atoms with van der Waals surface area (Å²) in [6.45, 7) is 8.70. The smallest absolute Gasteiger partial charge is 0.213 e. The Morgan fingerprint density at radius 2 is 1.78 bits per heavy atom. The lowest BCUT2D eigenvalue weighted by atomic mass is 10.00. The Kier molecular flexibility index (Phi) is 9.47. The highest BCUT2D eigenvalue weighted by atomic mass is 79.9. The first-order valence-electron chi connectivity index (χ1n) is 6.55. The molecule has 1 unspecified atom stereocenters. The van der Waals surface area contributed by atoms with E-state index >= 15 is 0 Å². The zero-order valence-electron chi connectivity index (χ0n) is 11.8. The molecule has 0 aliphatic carbocycles. The number of alkyl halides is 1. The van der Waals surface area contributed by atoms with E-state index in [2.05, 4.69) is 34.5 Å². The molecular formula is C12H26BrNO3S. The molecule has 0 aliphatic heterocycles. The molecule has 1 atom stereocenters. The maximum Gasteiger partial charge on any atom is 0.213 e. The average molecular weight is 344 g/mol. The average Bonchev–Trinajstić information content (AvgIpc) is 2.27. The van der Waals surface area contributed by atoms with Crippen molar-refractivity contribution in [2.45, 2.75) is 51.5 Å². The lowest BCUT2D eigenvalue weighted by Gasteiger charge is -2.20. The van der Waals surface area contributed by atoms with Gasteiger partial charge in [-0.25, -0.2) is 13.1 Å². The van der Waals surface area contributed by atoms with Gasteiger partial charge < -0.3 is 4.74 Å². The van der Waals surface area contributed by atoms with Crippen molar-refractivity contribution in [3.05, 3.63) is 0 Å². The van der Waals surface area contributed by atoms with E-state index in [4.69, 9.17) is 4.74 Å². The molecule has 0 radical (unpaired) electrons. The second kappa shape index (κ2) is 9.28. The molecule has 0 fully saturated rings. The highest BCUT2D eigenvalue weighted by Gasteiger charge is 2.18. The van der Waals surface area contributed by atoms with Gasteiger partial charge in [-0.15, -0.1) is 0 Å². The third-order valence-electron chi connectivity index (χ3n) is 2.86. The van der Waals surface area contributed by atoms with Crippen molar-refractivity contribution in [3.63, 3.8) is 0 Å². The maximum atomic E-state index is 11.7.